The summed E-state index contributed by atoms with van der Waals surface area (Å²) < 4.78 is 6.69. The summed E-state index contributed by atoms with van der Waals surface area (Å²) in [4.78, 5) is 7.59. The second-order valence-corrected chi connectivity index (χ2v) is 8.94. The molecule has 2 aromatic rings. The van der Waals surface area contributed by atoms with Gasteiger partial charge in [0.05, 0.1) is 13.2 Å². The van der Waals surface area contributed by atoms with Gasteiger partial charge in [0.1, 0.15) is 0 Å². The molecule has 2 aliphatic heterocycles. The van der Waals surface area contributed by atoms with Crippen molar-refractivity contribution in [3.05, 3.63) is 64.1 Å². The van der Waals surface area contributed by atoms with E-state index < -0.39 is 0 Å². The molecule has 0 bridgehead atoms. The number of hydrogen-bond donors (Lipinski definition) is 0. The van der Waals surface area contributed by atoms with Crippen LogP contribution >= 0.6 is 15.9 Å². The number of rotatable bonds is 7. The van der Waals surface area contributed by atoms with E-state index in [1.165, 1.54) is 34.3 Å². The molecule has 0 N–H and O–H groups in total. The minimum atomic E-state index is 0.886. The predicted molar refractivity (Wildman–Crippen MR) is 124 cm³/mol. The number of ether oxygens (including phenoxy) is 1. The van der Waals surface area contributed by atoms with Crippen molar-refractivity contribution in [2.45, 2.75) is 19.4 Å². The van der Waals surface area contributed by atoms with Crippen molar-refractivity contribution in [3.8, 4) is 0 Å². The molecule has 0 unspecified atom stereocenters. The zero-order chi connectivity index (χ0) is 19.9. The number of nitrogens with zero attached hydrogens (tertiary/aromatic N) is 3. The van der Waals surface area contributed by atoms with Gasteiger partial charge in [-0.2, -0.15) is 0 Å². The van der Waals surface area contributed by atoms with Gasteiger partial charge in [0, 0.05) is 56.0 Å². The van der Waals surface area contributed by atoms with Crippen molar-refractivity contribution >= 4 is 21.6 Å². The van der Waals surface area contributed by atoms with Crippen LogP contribution in [0.2, 0.25) is 0 Å². The van der Waals surface area contributed by atoms with Crippen LogP contribution in [0.15, 0.2) is 53.0 Å². The van der Waals surface area contributed by atoms with Crippen molar-refractivity contribution < 1.29 is 4.74 Å². The minimum Gasteiger partial charge on any atom is -0.379 e. The Morgan fingerprint density at radius 2 is 1.59 bits per heavy atom. The maximum Gasteiger partial charge on any atom is 0.0594 e. The predicted octanol–water partition coefficient (Wildman–Crippen LogP) is 4.04. The van der Waals surface area contributed by atoms with Crippen LogP contribution in [0, 0.1) is 0 Å². The molecular formula is C24H32BrN3O. The first-order chi connectivity index (χ1) is 14.3. The van der Waals surface area contributed by atoms with E-state index in [-0.39, 0.29) is 0 Å². The molecule has 5 heteroatoms. The Balaban J connectivity index is 1.24. The van der Waals surface area contributed by atoms with Crippen LogP contribution < -0.4 is 4.90 Å². The van der Waals surface area contributed by atoms with E-state index in [1.807, 2.05) is 0 Å². The number of morpholine rings is 1. The van der Waals surface area contributed by atoms with E-state index in [2.05, 4.69) is 79.2 Å². The molecule has 2 aliphatic rings. The standard InChI is InChI=1S/C24H32BrN3O/c25-24-19-23(9-8-22(24)7-4-10-26-15-17-29-18-16-26)28-13-11-27(12-14-28)20-21-5-2-1-3-6-21/h1-3,5-6,8-9,19H,4,7,10-18,20H2. The van der Waals surface area contributed by atoms with Crippen molar-refractivity contribution in [1.29, 1.82) is 0 Å². The van der Waals surface area contributed by atoms with Crippen molar-refractivity contribution in [2.24, 2.45) is 0 Å². The lowest BCUT2D eigenvalue weighted by Gasteiger charge is -2.36. The molecule has 0 radical (unpaired) electrons. The van der Waals surface area contributed by atoms with Gasteiger partial charge in [-0.1, -0.05) is 52.3 Å². The Labute approximate surface area is 183 Å². The van der Waals surface area contributed by atoms with Crippen LogP contribution in [0.5, 0.6) is 0 Å². The third kappa shape index (κ3) is 6.05. The van der Waals surface area contributed by atoms with Crippen LogP contribution in [0.3, 0.4) is 0 Å². The maximum absolute atomic E-state index is 5.43. The molecule has 0 spiro atoms. The first-order valence-electron chi connectivity index (χ1n) is 10.9. The van der Waals surface area contributed by atoms with E-state index in [0.717, 1.165) is 65.4 Å². The van der Waals surface area contributed by atoms with Crippen LogP contribution in [-0.2, 0) is 17.7 Å². The molecule has 0 atom stereocenters. The van der Waals surface area contributed by atoms with Gasteiger partial charge >= 0.3 is 0 Å². The summed E-state index contributed by atoms with van der Waals surface area (Å²) in [6, 6.07) is 17.7. The van der Waals surface area contributed by atoms with Crippen LogP contribution in [0.4, 0.5) is 5.69 Å². The Kier molecular flexibility index (Phi) is 7.61. The van der Waals surface area contributed by atoms with E-state index >= 15 is 0 Å². The summed E-state index contributed by atoms with van der Waals surface area (Å²) in [6.07, 6.45) is 2.33. The van der Waals surface area contributed by atoms with E-state index in [1.54, 1.807) is 0 Å². The fraction of sp³-hybridized carbons (Fsp3) is 0.500. The number of benzene rings is 2. The van der Waals surface area contributed by atoms with Gasteiger partial charge in [-0.15, -0.1) is 0 Å². The molecule has 2 aromatic carbocycles. The average Bonchev–Trinajstić information content (AvgIpc) is 2.77. The van der Waals surface area contributed by atoms with E-state index in [4.69, 9.17) is 4.74 Å². The van der Waals surface area contributed by atoms with E-state index in [9.17, 15) is 0 Å². The molecule has 2 heterocycles. The third-order valence-corrected chi connectivity index (χ3v) is 6.79. The molecule has 156 valence electrons. The van der Waals surface area contributed by atoms with E-state index in [0.29, 0.717) is 0 Å². The summed E-state index contributed by atoms with van der Waals surface area (Å²) in [6.45, 7) is 10.6. The Hall–Kier alpha value is -1.40. The monoisotopic (exact) mass is 457 g/mol. The first kappa shape index (κ1) is 20.9. The van der Waals surface area contributed by atoms with Gasteiger partial charge < -0.3 is 9.64 Å². The molecule has 0 aliphatic carbocycles. The second kappa shape index (κ2) is 10.6. The number of aryl methyl sites for hydroxylation is 1. The zero-order valence-corrected chi connectivity index (χ0v) is 18.8. The van der Waals surface area contributed by atoms with Crippen LogP contribution in [0.25, 0.3) is 0 Å². The van der Waals surface area contributed by atoms with Gasteiger partial charge in [-0.25, -0.2) is 0 Å². The SMILES string of the molecule is Brc1cc(N2CCN(Cc3ccccc3)CC2)ccc1CCCN1CCOCC1. The van der Waals surface area contributed by atoms with Crippen LogP contribution in [0.1, 0.15) is 17.5 Å². The molecule has 4 nitrogen and oxygen atoms in total. The van der Waals surface area contributed by atoms with Gasteiger partial charge in [-0.3, -0.25) is 9.80 Å². The van der Waals surface area contributed by atoms with Gasteiger partial charge in [-0.05, 0) is 42.6 Å². The quantitative estimate of drug-likeness (QED) is 0.624. The summed E-state index contributed by atoms with van der Waals surface area (Å²) in [5, 5.41) is 0. The zero-order valence-electron chi connectivity index (χ0n) is 17.2. The fourth-order valence-corrected chi connectivity index (χ4v) is 4.82. The highest BCUT2D eigenvalue weighted by Crippen LogP contribution is 2.26. The number of anilines is 1. The average molecular weight is 458 g/mol. The summed E-state index contributed by atoms with van der Waals surface area (Å²) in [7, 11) is 0. The smallest absolute Gasteiger partial charge is 0.0594 e. The lowest BCUT2D eigenvalue weighted by atomic mass is 10.1. The van der Waals surface area contributed by atoms with Crippen LogP contribution in [-0.4, -0.2) is 68.8 Å². The Morgan fingerprint density at radius 3 is 2.31 bits per heavy atom. The van der Waals surface area contributed by atoms with Crippen molar-refractivity contribution in [3.63, 3.8) is 0 Å². The molecule has 29 heavy (non-hydrogen) atoms. The molecule has 0 saturated carbocycles. The van der Waals surface area contributed by atoms with Gasteiger partial charge in [0.2, 0.25) is 0 Å². The second-order valence-electron chi connectivity index (χ2n) is 8.08. The number of halogens is 1. The Bertz CT molecular complexity index is 756. The van der Waals surface area contributed by atoms with Gasteiger partial charge in [0.15, 0.2) is 0 Å². The van der Waals surface area contributed by atoms with Crippen molar-refractivity contribution in [2.75, 3.05) is 63.9 Å². The largest absolute Gasteiger partial charge is 0.379 e. The highest BCUT2D eigenvalue weighted by molar-refractivity contribution is 9.10. The highest BCUT2D eigenvalue weighted by Gasteiger charge is 2.18. The molecule has 2 saturated heterocycles. The number of hydrogen-bond acceptors (Lipinski definition) is 4. The number of piperazine rings is 1. The normalized spacial score (nSPS) is 18.9. The topological polar surface area (TPSA) is 19.0 Å². The third-order valence-electron chi connectivity index (χ3n) is 6.05. The lowest BCUT2D eigenvalue weighted by molar-refractivity contribution is 0.0374. The van der Waals surface area contributed by atoms with Crippen molar-refractivity contribution in [1.82, 2.24) is 9.80 Å². The minimum absolute atomic E-state index is 0.886. The highest BCUT2D eigenvalue weighted by atomic mass is 79.9. The molecule has 4 rings (SSSR count). The summed E-state index contributed by atoms with van der Waals surface area (Å²) >= 11 is 3.83. The Morgan fingerprint density at radius 1 is 0.828 bits per heavy atom. The van der Waals surface area contributed by atoms with Gasteiger partial charge in [0.25, 0.3) is 0 Å². The maximum atomic E-state index is 5.43. The molecule has 0 aromatic heterocycles. The molecule has 2 fully saturated rings. The first-order valence-corrected chi connectivity index (χ1v) is 11.7. The fourth-order valence-electron chi connectivity index (χ4n) is 4.26. The summed E-state index contributed by atoms with van der Waals surface area (Å²) in [5.41, 5.74) is 4.17. The molecule has 0 amide bonds. The lowest BCUT2D eigenvalue weighted by Crippen LogP contribution is -2.45. The molecular weight excluding hydrogens is 426 g/mol. The summed E-state index contributed by atoms with van der Waals surface area (Å²) in [5.74, 6) is 0.